The van der Waals surface area contributed by atoms with Crippen molar-refractivity contribution in [1.82, 2.24) is 4.31 Å². The van der Waals surface area contributed by atoms with Crippen LogP contribution in [0.5, 0.6) is 0 Å². The minimum atomic E-state index is -3.74. The Balaban J connectivity index is 1.80. The summed E-state index contributed by atoms with van der Waals surface area (Å²) in [5.41, 5.74) is 1.24. The molecule has 172 valence electrons. The van der Waals surface area contributed by atoms with E-state index in [0.29, 0.717) is 16.4 Å². The number of amides is 1. The largest absolute Gasteiger partial charge is 0.452 e. The van der Waals surface area contributed by atoms with Gasteiger partial charge in [-0.15, -0.1) is 0 Å². The van der Waals surface area contributed by atoms with Crippen molar-refractivity contribution in [3.8, 4) is 0 Å². The Morgan fingerprint density at radius 3 is 2.34 bits per heavy atom. The Labute approximate surface area is 193 Å². The van der Waals surface area contributed by atoms with Gasteiger partial charge in [-0.05, 0) is 61.7 Å². The smallest absolute Gasteiger partial charge is 0.340 e. The number of ether oxygens (including phenoxy) is 1. The van der Waals surface area contributed by atoms with Crippen LogP contribution in [0.4, 0.5) is 11.4 Å². The van der Waals surface area contributed by atoms with Crippen LogP contribution >= 0.6 is 11.6 Å². The summed E-state index contributed by atoms with van der Waals surface area (Å²) in [6, 6.07) is 11.0. The number of hydrogen-bond acceptors (Lipinski definition) is 6. The summed E-state index contributed by atoms with van der Waals surface area (Å²) >= 11 is 5.83. The number of carbonyl (C=O) groups is 2. The van der Waals surface area contributed by atoms with Crippen molar-refractivity contribution in [2.75, 3.05) is 44.0 Å². The van der Waals surface area contributed by atoms with Crippen LogP contribution < -0.4 is 10.2 Å². The Bertz CT molecular complexity index is 1080. The molecule has 2 aromatic rings. The summed E-state index contributed by atoms with van der Waals surface area (Å²) in [6.45, 7) is 1.01. The highest BCUT2D eigenvalue weighted by Gasteiger charge is 2.25. The highest BCUT2D eigenvalue weighted by atomic mass is 35.5. The summed E-state index contributed by atoms with van der Waals surface area (Å²) in [6.07, 6.45) is 3.07. The van der Waals surface area contributed by atoms with Gasteiger partial charge >= 0.3 is 5.97 Å². The second-order valence-electron chi connectivity index (χ2n) is 7.65. The molecule has 0 radical (unpaired) electrons. The predicted octanol–water partition coefficient (Wildman–Crippen LogP) is 3.38. The summed E-state index contributed by atoms with van der Waals surface area (Å²) < 4.78 is 31.5. The molecule has 3 rings (SSSR count). The van der Waals surface area contributed by atoms with Gasteiger partial charge in [0.25, 0.3) is 5.91 Å². The number of rotatable bonds is 7. The quantitative estimate of drug-likeness (QED) is 0.611. The molecule has 0 saturated carbocycles. The summed E-state index contributed by atoms with van der Waals surface area (Å²) in [7, 11) is -0.892. The number of nitrogens with zero attached hydrogens (tertiary/aromatic N) is 2. The number of benzene rings is 2. The van der Waals surface area contributed by atoms with Gasteiger partial charge in [0.2, 0.25) is 10.0 Å². The monoisotopic (exact) mass is 479 g/mol. The van der Waals surface area contributed by atoms with E-state index < -0.39 is 28.5 Å². The van der Waals surface area contributed by atoms with Crippen LogP contribution in [-0.2, 0) is 19.6 Å². The highest BCUT2D eigenvalue weighted by molar-refractivity contribution is 7.89. The molecule has 1 fully saturated rings. The number of nitrogens with one attached hydrogen (secondary N) is 1. The molecule has 0 bridgehead atoms. The maximum Gasteiger partial charge on any atom is 0.340 e. The van der Waals surface area contributed by atoms with E-state index >= 15 is 0 Å². The molecule has 8 nitrogen and oxygen atoms in total. The maximum atomic E-state index is 12.9. The number of carbonyl (C=O) groups excluding carboxylic acids is 2. The third-order valence-electron chi connectivity index (χ3n) is 5.13. The van der Waals surface area contributed by atoms with Crippen molar-refractivity contribution in [1.29, 1.82) is 0 Å². The van der Waals surface area contributed by atoms with E-state index in [1.807, 2.05) is 4.90 Å². The fourth-order valence-electron chi connectivity index (χ4n) is 3.40. The van der Waals surface area contributed by atoms with Crippen molar-refractivity contribution in [2.24, 2.45) is 0 Å². The van der Waals surface area contributed by atoms with Crippen molar-refractivity contribution in [3.63, 3.8) is 0 Å². The lowest BCUT2D eigenvalue weighted by Crippen LogP contribution is -2.31. The molecule has 0 atom stereocenters. The van der Waals surface area contributed by atoms with E-state index in [1.165, 1.54) is 26.2 Å². The number of esters is 1. The summed E-state index contributed by atoms with van der Waals surface area (Å²) in [5.74, 6) is -1.27. The lowest BCUT2D eigenvalue weighted by molar-refractivity contribution is -0.119. The van der Waals surface area contributed by atoms with Crippen molar-refractivity contribution >= 4 is 44.9 Å². The van der Waals surface area contributed by atoms with Crippen molar-refractivity contribution in [3.05, 3.63) is 53.1 Å². The first-order chi connectivity index (χ1) is 15.2. The van der Waals surface area contributed by atoms with Crippen LogP contribution in [0.2, 0.25) is 5.02 Å². The normalized spacial score (nSPS) is 14.3. The molecule has 2 aromatic carbocycles. The molecule has 1 aliphatic heterocycles. The predicted molar refractivity (Wildman–Crippen MR) is 124 cm³/mol. The van der Waals surface area contributed by atoms with Crippen LogP contribution in [0.1, 0.15) is 29.6 Å². The maximum absolute atomic E-state index is 12.9. The van der Waals surface area contributed by atoms with Gasteiger partial charge in [-0.25, -0.2) is 17.5 Å². The molecule has 1 heterocycles. The van der Waals surface area contributed by atoms with Crippen LogP contribution in [0, 0.1) is 0 Å². The molecular weight excluding hydrogens is 454 g/mol. The van der Waals surface area contributed by atoms with Gasteiger partial charge < -0.3 is 15.0 Å². The molecule has 1 saturated heterocycles. The van der Waals surface area contributed by atoms with E-state index in [9.17, 15) is 18.0 Å². The van der Waals surface area contributed by atoms with E-state index in [4.69, 9.17) is 16.3 Å². The Morgan fingerprint density at radius 2 is 1.72 bits per heavy atom. The minimum Gasteiger partial charge on any atom is -0.452 e. The zero-order chi connectivity index (χ0) is 23.3. The lowest BCUT2D eigenvalue weighted by atomic mass is 10.1. The third kappa shape index (κ3) is 5.79. The minimum absolute atomic E-state index is 0.0131. The van der Waals surface area contributed by atoms with Crippen molar-refractivity contribution < 1.29 is 22.7 Å². The van der Waals surface area contributed by atoms with Gasteiger partial charge in [0, 0.05) is 37.9 Å². The zero-order valence-corrected chi connectivity index (χ0v) is 19.6. The van der Waals surface area contributed by atoms with Gasteiger partial charge in [0.15, 0.2) is 6.61 Å². The topological polar surface area (TPSA) is 96.0 Å². The Hall–Kier alpha value is -2.62. The molecule has 1 N–H and O–H groups in total. The van der Waals surface area contributed by atoms with Gasteiger partial charge in [-0.3, -0.25) is 4.79 Å². The fourth-order valence-corrected chi connectivity index (χ4v) is 4.45. The molecular formula is C22H26ClN3O5S. The van der Waals surface area contributed by atoms with Crippen LogP contribution in [-0.4, -0.2) is 58.4 Å². The SMILES string of the molecule is CN(C)S(=O)(=O)c1ccc(N2CCCCC2)c(C(=O)OCC(=O)Nc2ccc(Cl)cc2)c1. The van der Waals surface area contributed by atoms with Crippen LogP contribution in [0.3, 0.4) is 0 Å². The van der Waals surface area contributed by atoms with E-state index in [1.54, 1.807) is 30.3 Å². The van der Waals surface area contributed by atoms with Crippen LogP contribution in [0.15, 0.2) is 47.4 Å². The molecule has 1 aliphatic rings. The molecule has 10 heteroatoms. The standard InChI is InChI=1S/C22H26ClN3O5S/c1-25(2)32(29,30)18-10-11-20(26-12-4-3-5-13-26)19(14-18)22(28)31-15-21(27)24-17-8-6-16(23)7-9-17/h6-11,14H,3-5,12-13,15H2,1-2H3,(H,24,27). The summed E-state index contributed by atoms with van der Waals surface area (Å²) in [4.78, 5) is 27.1. The average molecular weight is 480 g/mol. The first-order valence-electron chi connectivity index (χ1n) is 10.2. The molecule has 1 amide bonds. The number of halogens is 1. The molecule has 0 aromatic heterocycles. The third-order valence-corrected chi connectivity index (χ3v) is 7.19. The van der Waals surface area contributed by atoms with Gasteiger partial charge in [-0.2, -0.15) is 0 Å². The molecule has 0 unspecified atom stereocenters. The number of piperidine rings is 1. The number of anilines is 2. The Morgan fingerprint density at radius 1 is 1.06 bits per heavy atom. The average Bonchev–Trinajstić information content (AvgIpc) is 2.79. The highest BCUT2D eigenvalue weighted by Crippen LogP contribution is 2.28. The molecule has 0 aliphatic carbocycles. The first kappa shape index (κ1) is 24.0. The lowest BCUT2D eigenvalue weighted by Gasteiger charge is -2.30. The molecule has 0 spiro atoms. The van der Waals surface area contributed by atoms with Gasteiger partial charge in [0.05, 0.1) is 16.1 Å². The van der Waals surface area contributed by atoms with E-state index in [2.05, 4.69) is 5.32 Å². The second-order valence-corrected chi connectivity index (χ2v) is 10.2. The van der Waals surface area contributed by atoms with Gasteiger partial charge in [-0.1, -0.05) is 11.6 Å². The van der Waals surface area contributed by atoms with Gasteiger partial charge in [0.1, 0.15) is 0 Å². The second kappa shape index (κ2) is 10.3. The van der Waals surface area contributed by atoms with E-state index in [-0.39, 0.29) is 10.5 Å². The van der Waals surface area contributed by atoms with Crippen LogP contribution in [0.25, 0.3) is 0 Å². The zero-order valence-electron chi connectivity index (χ0n) is 18.0. The Kier molecular flexibility index (Phi) is 7.76. The molecule has 32 heavy (non-hydrogen) atoms. The first-order valence-corrected chi connectivity index (χ1v) is 12.0. The number of sulfonamides is 1. The van der Waals surface area contributed by atoms with Crippen molar-refractivity contribution in [2.45, 2.75) is 24.2 Å². The fraction of sp³-hybridized carbons (Fsp3) is 0.364. The van der Waals surface area contributed by atoms with E-state index in [0.717, 1.165) is 36.7 Å². The number of hydrogen-bond donors (Lipinski definition) is 1. The summed E-state index contributed by atoms with van der Waals surface area (Å²) in [5, 5.41) is 3.15.